The Balaban J connectivity index is 2.42. The maximum absolute atomic E-state index is 13.4. The molecule has 0 amide bonds. The second-order valence-electron chi connectivity index (χ2n) is 5.56. The number of halogens is 5. The van der Waals surface area contributed by atoms with Gasteiger partial charge in [-0.3, -0.25) is 0 Å². The van der Waals surface area contributed by atoms with Crippen molar-refractivity contribution in [1.29, 1.82) is 0 Å². The SMILES string of the molecule is CCCCCCCCCCOC(=O)c1c(F)c(F)c(F)c(F)c1F. The van der Waals surface area contributed by atoms with Gasteiger partial charge in [0.25, 0.3) is 0 Å². The van der Waals surface area contributed by atoms with E-state index in [0.29, 0.717) is 6.42 Å². The van der Waals surface area contributed by atoms with Gasteiger partial charge in [-0.25, -0.2) is 26.7 Å². The molecule has 0 fully saturated rings. The molecule has 0 spiro atoms. The Hall–Kier alpha value is -1.66. The first-order chi connectivity index (χ1) is 11.4. The van der Waals surface area contributed by atoms with E-state index >= 15 is 0 Å². The molecule has 1 aromatic carbocycles. The first-order valence-corrected chi connectivity index (χ1v) is 8.10. The number of carbonyl (C=O) groups is 1. The van der Waals surface area contributed by atoms with E-state index in [-0.39, 0.29) is 6.61 Å². The maximum atomic E-state index is 13.4. The molecular formula is C17H21F5O2. The Kier molecular flexibility index (Phi) is 8.71. The molecule has 24 heavy (non-hydrogen) atoms. The van der Waals surface area contributed by atoms with Crippen LogP contribution in [0.5, 0.6) is 0 Å². The molecule has 136 valence electrons. The van der Waals surface area contributed by atoms with Gasteiger partial charge < -0.3 is 4.74 Å². The maximum Gasteiger partial charge on any atom is 0.344 e. The van der Waals surface area contributed by atoms with Crippen molar-refractivity contribution in [2.24, 2.45) is 0 Å². The summed E-state index contributed by atoms with van der Waals surface area (Å²) in [5, 5.41) is 0. The molecule has 0 N–H and O–H groups in total. The lowest BCUT2D eigenvalue weighted by Crippen LogP contribution is -2.15. The number of esters is 1. The van der Waals surface area contributed by atoms with Gasteiger partial charge in [-0.2, -0.15) is 0 Å². The summed E-state index contributed by atoms with van der Waals surface area (Å²) in [5.41, 5.74) is -1.55. The monoisotopic (exact) mass is 352 g/mol. The molecule has 0 radical (unpaired) electrons. The summed E-state index contributed by atoms with van der Waals surface area (Å²) < 4.78 is 70.3. The normalized spacial score (nSPS) is 10.9. The highest BCUT2D eigenvalue weighted by Gasteiger charge is 2.30. The van der Waals surface area contributed by atoms with Gasteiger partial charge in [0.1, 0.15) is 5.56 Å². The molecule has 2 nitrogen and oxygen atoms in total. The van der Waals surface area contributed by atoms with Crippen molar-refractivity contribution in [2.45, 2.75) is 58.3 Å². The predicted molar refractivity (Wildman–Crippen MR) is 79.1 cm³/mol. The first-order valence-electron chi connectivity index (χ1n) is 8.10. The predicted octanol–water partition coefficient (Wildman–Crippen LogP) is 5.68. The molecule has 0 heterocycles. The fraction of sp³-hybridized carbons (Fsp3) is 0.588. The van der Waals surface area contributed by atoms with Crippen LogP contribution in [-0.4, -0.2) is 12.6 Å². The highest BCUT2D eigenvalue weighted by Crippen LogP contribution is 2.23. The van der Waals surface area contributed by atoms with Gasteiger partial charge in [0.05, 0.1) is 6.61 Å². The fourth-order valence-corrected chi connectivity index (χ4v) is 2.26. The minimum atomic E-state index is -2.30. The zero-order chi connectivity index (χ0) is 18.1. The van der Waals surface area contributed by atoms with Crippen molar-refractivity contribution in [3.8, 4) is 0 Å². The molecule has 7 heteroatoms. The van der Waals surface area contributed by atoms with Gasteiger partial charge in [0, 0.05) is 0 Å². The third-order valence-electron chi connectivity index (χ3n) is 3.64. The van der Waals surface area contributed by atoms with Crippen molar-refractivity contribution >= 4 is 5.97 Å². The van der Waals surface area contributed by atoms with E-state index in [9.17, 15) is 26.7 Å². The van der Waals surface area contributed by atoms with Crippen LogP contribution >= 0.6 is 0 Å². The van der Waals surface area contributed by atoms with E-state index < -0.39 is 40.6 Å². The molecule has 0 atom stereocenters. The van der Waals surface area contributed by atoms with Crippen LogP contribution in [-0.2, 0) is 4.74 Å². The molecule has 0 saturated heterocycles. The topological polar surface area (TPSA) is 26.3 Å². The smallest absolute Gasteiger partial charge is 0.344 e. The number of rotatable bonds is 10. The third kappa shape index (κ3) is 5.46. The number of carbonyl (C=O) groups excluding carboxylic acids is 1. The van der Waals surface area contributed by atoms with Crippen molar-refractivity contribution < 1.29 is 31.5 Å². The molecular weight excluding hydrogens is 331 g/mol. The van der Waals surface area contributed by atoms with Gasteiger partial charge in [-0.05, 0) is 6.42 Å². The minimum absolute atomic E-state index is 0.132. The van der Waals surface area contributed by atoms with Gasteiger partial charge in [0.15, 0.2) is 23.3 Å². The second kappa shape index (κ2) is 10.3. The molecule has 0 unspecified atom stereocenters. The Morgan fingerprint density at radius 3 is 1.62 bits per heavy atom. The van der Waals surface area contributed by atoms with Gasteiger partial charge in [0.2, 0.25) is 5.82 Å². The Morgan fingerprint density at radius 1 is 0.708 bits per heavy atom. The molecule has 0 bridgehead atoms. The van der Waals surface area contributed by atoms with Crippen LogP contribution in [0.25, 0.3) is 0 Å². The van der Waals surface area contributed by atoms with Gasteiger partial charge >= 0.3 is 5.97 Å². The van der Waals surface area contributed by atoms with Crippen LogP contribution in [0.4, 0.5) is 22.0 Å². The van der Waals surface area contributed by atoms with E-state index in [4.69, 9.17) is 0 Å². The summed E-state index contributed by atoms with van der Waals surface area (Å²) in [6.45, 7) is 1.99. The van der Waals surface area contributed by atoms with Crippen molar-refractivity contribution in [2.75, 3.05) is 6.61 Å². The summed E-state index contributed by atoms with van der Waals surface area (Å²) in [4.78, 5) is 11.6. The summed E-state index contributed by atoms with van der Waals surface area (Å²) >= 11 is 0. The highest BCUT2D eigenvalue weighted by atomic mass is 19.2. The molecule has 0 saturated carbocycles. The zero-order valence-corrected chi connectivity index (χ0v) is 13.6. The fourth-order valence-electron chi connectivity index (χ4n) is 2.26. The molecule has 1 rings (SSSR count). The van der Waals surface area contributed by atoms with Crippen LogP contribution in [0, 0.1) is 29.1 Å². The lowest BCUT2D eigenvalue weighted by molar-refractivity contribution is 0.0483. The average Bonchev–Trinajstić information content (AvgIpc) is 2.57. The Bertz CT molecular complexity index is 531. The largest absolute Gasteiger partial charge is 0.462 e. The number of hydrogen-bond donors (Lipinski definition) is 0. The van der Waals surface area contributed by atoms with Crippen LogP contribution in [0.1, 0.15) is 68.6 Å². The Morgan fingerprint density at radius 2 is 1.12 bits per heavy atom. The van der Waals surface area contributed by atoms with E-state index in [1.54, 1.807) is 0 Å². The first kappa shape index (κ1) is 20.4. The third-order valence-corrected chi connectivity index (χ3v) is 3.64. The number of unbranched alkanes of at least 4 members (excludes halogenated alkanes) is 7. The summed E-state index contributed by atoms with van der Waals surface area (Å²) in [5.74, 6) is -12.5. The molecule has 0 aromatic heterocycles. The number of ether oxygens (including phenoxy) is 1. The molecule has 0 aliphatic rings. The average molecular weight is 352 g/mol. The van der Waals surface area contributed by atoms with E-state index in [2.05, 4.69) is 11.7 Å². The zero-order valence-electron chi connectivity index (χ0n) is 13.6. The quantitative estimate of drug-likeness (QED) is 0.178. The molecule has 0 aliphatic carbocycles. The minimum Gasteiger partial charge on any atom is -0.462 e. The number of benzene rings is 1. The van der Waals surface area contributed by atoms with Crippen LogP contribution < -0.4 is 0 Å². The highest BCUT2D eigenvalue weighted by molar-refractivity contribution is 5.90. The van der Waals surface area contributed by atoms with Crippen LogP contribution in [0.2, 0.25) is 0 Å². The lowest BCUT2D eigenvalue weighted by atomic mass is 10.1. The molecule has 0 aliphatic heterocycles. The van der Waals surface area contributed by atoms with Gasteiger partial charge in [-0.15, -0.1) is 0 Å². The van der Waals surface area contributed by atoms with E-state index in [1.807, 2.05) is 0 Å². The van der Waals surface area contributed by atoms with E-state index in [1.165, 1.54) is 12.8 Å². The lowest BCUT2D eigenvalue weighted by Gasteiger charge is -2.08. The van der Waals surface area contributed by atoms with Crippen molar-refractivity contribution in [3.63, 3.8) is 0 Å². The molecule has 1 aromatic rings. The van der Waals surface area contributed by atoms with E-state index in [0.717, 1.165) is 32.1 Å². The summed E-state index contributed by atoms with van der Waals surface area (Å²) in [7, 11) is 0. The number of hydrogen-bond acceptors (Lipinski definition) is 2. The summed E-state index contributed by atoms with van der Waals surface area (Å²) in [6, 6.07) is 0. The van der Waals surface area contributed by atoms with Crippen molar-refractivity contribution in [3.05, 3.63) is 34.6 Å². The van der Waals surface area contributed by atoms with Crippen LogP contribution in [0.15, 0.2) is 0 Å². The standard InChI is InChI=1S/C17H21F5O2/c1-2-3-4-5-6-7-8-9-10-24-17(23)11-12(18)14(20)16(22)15(21)13(11)19/h2-10H2,1H3. The summed E-state index contributed by atoms with van der Waals surface area (Å²) in [6.07, 6.45) is 7.86. The Labute approximate surface area is 138 Å². The second-order valence-corrected chi connectivity index (χ2v) is 5.56. The van der Waals surface area contributed by atoms with Crippen molar-refractivity contribution in [1.82, 2.24) is 0 Å². The van der Waals surface area contributed by atoms with Crippen LogP contribution in [0.3, 0.4) is 0 Å². The van der Waals surface area contributed by atoms with Gasteiger partial charge in [-0.1, -0.05) is 51.9 Å².